The van der Waals surface area contributed by atoms with Gasteiger partial charge in [-0.2, -0.15) is 0 Å². The monoisotopic (exact) mass is 217 g/mol. The Balaban J connectivity index is 1.73. The normalized spacial score (nSPS) is 28.4. The summed E-state index contributed by atoms with van der Waals surface area (Å²) in [5.74, 6) is 1.94. The molecule has 1 aliphatic heterocycles. The summed E-state index contributed by atoms with van der Waals surface area (Å²) in [4.78, 5) is 0. The predicted octanol–water partition coefficient (Wildman–Crippen LogP) is 2.68. The number of fused-ring (bicyclic) bond motifs is 1. The van der Waals surface area contributed by atoms with E-state index >= 15 is 0 Å². The van der Waals surface area contributed by atoms with Crippen molar-refractivity contribution in [3.63, 3.8) is 0 Å². The highest BCUT2D eigenvalue weighted by Crippen LogP contribution is 2.33. The minimum Gasteiger partial charge on any atom is -0.493 e. The lowest BCUT2D eigenvalue weighted by Gasteiger charge is -2.14. The van der Waals surface area contributed by atoms with Crippen LogP contribution in [0, 0.1) is 5.92 Å². The van der Waals surface area contributed by atoms with Crippen LogP contribution in [0.1, 0.15) is 37.4 Å². The van der Waals surface area contributed by atoms with Crippen LogP contribution in [0.2, 0.25) is 0 Å². The molecule has 2 heteroatoms. The first kappa shape index (κ1) is 10.2. The molecule has 0 amide bonds. The van der Waals surface area contributed by atoms with Gasteiger partial charge in [0.05, 0.1) is 6.61 Å². The van der Waals surface area contributed by atoms with Gasteiger partial charge in [-0.05, 0) is 36.5 Å². The minimum atomic E-state index is 0.459. The Morgan fingerprint density at radius 3 is 3.00 bits per heavy atom. The third-order valence-electron chi connectivity index (χ3n) is 3.79. The Hall–Kier alpha value is -1.02. The summed E-state index contributed by atoms with van der Waals surface area (Å²) in [6.07, 6.45) is 2.40. The van der Waals surface area contributed by atoms with E-state index in [4.69, 9.17) is 4.74 Å². The van der Waals surface area contributed by atoms with Gasteiger partial charge in [0.15, 0.2) is 0 Å². The van der Waals surface area contributed by atoms with Gasteiger partial charge in [0, 0.05) is 18.5 Å². The standard InChI is InChI=1S/C14H19NO/c1-9-7-13(9)15-10(2)11-3-4-14-12(8-11)5-6-16-14/h3-4,8-10,13,15H,5-7H2,1-2H3. The molecule has 3 rings (SSSR count). The van der Waals surface area contributed by atoms with Gasteiger partial charge in [-0.15, -0.1) is 0 Å². The first-order valence-corrected chi connectivity index (χ1v) is 6.25. The average Bonchev–Trinajstić information content (AvgIpc) is 2.81. The molecule has 0 spiro atoms. The van der Waals surface area contributed by atoms with Crippen LogP contribution in [0.4, 0.5) is 0 Å². The van der Waals surface area contributed by atoms with E-state index in [-0.39, 0.29) is 0 Å². The second-order valence-corrected chi connectivity index (χ2v) is 5.17. The van der Waals surface area contributed by atoms with Crippen molar-refractivity contribution in [3.8, 4) is 5.75 Å². The SMILES string of the molecule is CC(NC1CC1C)c1ccc2c(c1)CCO2. The van der Waals surface area contributed by atoms with Crippen molar-refractivity contribution in [2.75, 3.05) is 6.61 Å². The Morgan fingerprint density at radius 1 is 1.44 bits per heavy atom. The topological polar surface area (TPSA) is 21.3 Å². The van der Waals surface area contributed by atoms with Gasteiger partial charge in [0.25, 0.3) is 0 Å². The van der Waals surface area contributed by atoms with E-state index in [9.17, 15) is 0 Å². The maximum atomic E-state index is 5.52. The van der Waals surface area contributed by atoms with Gasteiger partial charge in [-0.3, -0.25) is 0 Å². The van der Waals surface area contributed by atoms with E-state index in [1.54, 1.807) is 0 Å². The Kier molecular flexibility index (Phi) is 2.40. The molecular weight excluding hydrogens is 198 g/mol. The molecular formula is C14H19NO. The van der Waals surface area contributed by atoms with Crippen molar-refractivity contribution in [3.05, 3.63) is 29.3 Å². The molecule has 0 bridgehead atoms. The number of ether oxygens (including phenoxy) is 1. The number of benzene rings is 1. The van der Waals surface area contributed by atoms with Crippen molar-refractivity contribution in [2.24, 2.45) is 5.92 Å². The summed E-state index contributed by atoms with van der Waals surface area (Å²) in [5.41, 5.74) is 2.76. The van der Waals surface area contributed by atoms with Gasteiger partial charge in [-0.1, -0.05) is 19.1 Å². The highest BCUT2D eigenvalue weighted by atomic mass is 16.5. The molecule has 1 N–H and O–H groups in total. The maximum Gasteiger partial charge on any atom is 0.122 e. The molecule has 1 aliphatic carbocycles. The number of hydrogen-bond acceptors (Lipinski definition) is 2. The highest BCUT2D eigenvalue weighted by Gasteiger charge is 2.33. The van der Waals surface area contributed by atoms with E-state index in [0.717, 1.165) is 30.7 Å². The second kappa shape index (κ2) is 3.77. The Bertz CT molecular complexity index is 402. The van der Waals surface area contributed by atoms with Crippen LogP contribution in [0.3, 0.4) is 0 Å². The molecule has 0 aromatic heterocycles. The molecule has 86 valence electrons. The van der Waals surface area contributed by atoms with Crippen molar-refractivity contribution in [1.29, 1.82) is 0 Å². The summed E-state index contributed by atoms with van der Waals surface area (Å²) in [6.45, 7) is 5.41. The summed E-state index contributed by atoms with van der Waals surface area (Å²) >= 11 is 0. The average molecular weight is 217 g/mol. The zero-order chi connectivity index (χ0) is 11.1. The van der Waals surface area contributed by atoms with Crippen LogP contribution in [0.5, 0.6) is 5.75 Å². The zero-order valence-corrected chi connectivity index (χ0v) is 9.99. The van der Waals surface area contributed by atoms with Crippen LogP contribution in [-0.4, -0.2) is 12.6 Å². The van der Waals surface area contributed by atoms with Crippen molar-refractivity contribution in [2.45, 2.75) is 38.8 Å². The van der Waals surface area contributed by atoms with Gasteiger partial charge in [0.2, 0.25) is 0 Å². The molecule has 0 radical (unpaired) electrons. The van der Waals surface area contributed by atoms with Crippen LogP contribution < -0.4 is 10.1 Å². The maximum absolute atomic E-state index is 5.52. The molecule has 1 aromatic rings. The zero-order valence-electron chi connectivity index (χ0n) is 9.99. The molecule has 2 nitrogen and oxygen atoms in total. The first-order chi connectivity index (χ1) is 7.74. The highest BCUT2D eigenvalue weighted by molar-refractivity contribution is 5.40. The van der Waals surface area contributed by atoms with Gasteiger partial charge in [-0.25, -0.2) is 0 Å². The summed E-state index contributed by atoms with van der Waals surface area (Å²) in [7, 11) is 0. The smallest absolute Gasteiger partial charge is 0.122 e. The van der Waals surface area contributed by atoms with E-state index < -0.39 is 0 Å². The molecule has 3 unspecified atom stereocenters. The minimum absolute atomic E-state index is 0.459. The van der Waals surface area contributed by atoms with E-state index in [1.807, 2.05) is 0 Å². The molecule has 1 aromatic carbocycles. The summed E-state index contributed by atoms with van der Waals surface area (Å²) in [5, 5.41) is 3.67. The fourth-order valence-electron chi connectivity index (χ4n) is 2.45. The lowest BCUT2D eigenvalue weighted by atomic mass is 10.0. The van der Waals surface area contributed by atoms with E-state index in [0.29, 0.717) is 6.04 Å². The largest absolute Gasteiger partial charge is 0.493 e. The third kappa shape index (κ3) is 1.82. The van der Waals surface area contributed by atoms with Crippen LogP contribution in [0.25, 0.3) is 0 Å². The van der Waals surface area contributed by atoms with Crippen LogP contribution in [0.15, 0.2) is 18.2 Å². The van der Waals surface area contributed by atoms with Crippen LogP contribution in [-0.2, 0) is 6.42 Å². The Labute approximate surface area is 97.0 Å². The molecule has 1 fully saturated rings. The number of hydrogen-bond donors (Lipinski definition) is 1. The van der Waals surface area contributed by atoms with Crippen molar-refractivity contribution < 1.29 is 4.74 Å². The van der Waals surface area contributed by atoms with Gasteiger partial charge in [0.1, 0.15) is 5.75 Å². The molecule has 2 aliphatic rings. The molecule has 3 atom stereocenters. The van der Waals surface area contributed by atoms with E-state index in [1.165, 1.54) is 17.5 Å². The van der Waals surface area contributed by atoms with E-state index in [2.05, 4.69) is 37.4 Å². The fourth-order valence-corrected chi connectivity index (χ4v) is 2.45. The van der Waals surface area contributed by atoms with Crippen molar-refractivity contribution >= 4 is 0 Å². The Morgan fingerprint density at radius 2 is 2.25 bits per heavy atom. The first-order valence-electron chi connectivity index (χ1n) is 6.25. The lowest BCUT2D eigenvalue weighted by Crippen LogP contribution is -2.22. The quantitative estimate of drug-likeness (QED) is 0.840. The van der Waals surface area contributed by atoms with Gasteiger partial charge >= 0.3 is 0 Å². The fraction of sp³-hybridized carbons (Fsp3) is 0.571. The second-order valence-electron chi connectivity index (χ2n) is 5.17. The summed E-state index contributed by atoms with van der Waals surface area (Å²) < 4.78 is 5.52. The number of nitrogens with one attached hydrogen (secondary N) is 1. The van der Waals surface area contributed by atoms with Gasteiger partial charge < -0.3 is 10.1 Å². The summed E-state index contributed by atoms with van der Waals surface area (Å²) in [6, 6.07) is 7.80. The lowest BCUT2D eigenvalue weighted by molar-refractivity contribution is 0.356. The van der Waals surface area contributed by atoms with Crippen molar-refractivity contribution in [1.82, 2.24) is 5.32 Å². The predicted molar refractivity (Wildman–Crippen MR) is 64.8 cm³/mol. The number of rotatable bonds is 3. The molecule has 1 saturated carbocycles. The van der Waals surface area contributed by atoms with Crippen LogP contribution >= 0.6 is 0 Å². The molecule has 0 saturated heterocycles. The molecule has 1 heterocycles. The third-order valence-corrected chi connectivity index (χ3v) is 3.79. The molecule has 16 heavy (non-hydrogen) atoms.